The summed E-state index contributed by atoms with van der Waals surface area (Å²) in [6.07, 6.45) is 4.00. The van der Waals surface area contributed by atoms with Gasteiger partial charge in [0.2, 0.25) is 0 Å². The Hall–Kier alpha value is -2.47. The van der Waals surface area contributed by atoms with Gasteiger partial charge >= 0.3 is 17.9 Å². The van der Waals surface area contributed by atoms with Crippen LogP contribution in [-0.4, -0.2) is 48.0 Å². The molecule has 0 aliphatic carbocycles. The van der Waals surface area contributed by atoms with Gasteiger partial charge in [-0.3, -0.25) is 14.5 Å². The standard InChI is InChI=1S/C20H25NO5/c1-20(2,3)26-19(24)16-15(12-8-9-13-21(16)4)18(23)25-17(22)14-10-6-5-7-11-14/h5-11,15-16H,12-13H2,1-4H3. The molecule has 1 aromatic carbocycles. The molecule has 2 atom stereocenters. The molecular formula is C20H25NO5. The lowest BCUT2D eigenvalue weighted by atomic mass is 9.95. The maximum atomic E-state index is 12.7. The van der Waals surface area contributed by atoms with Crippen molar-refractivity contribution in [2.75, 3.05) is 13.6 Å². The Morgan fingerprint density at radius 2 is 1.69 bits per heavy atom. The van der Waals surface area contributed by atoms with Crippen molar-refractivity contribution >= 4 is 17.9 Å². The van der Waals surface area contributed by atoms with Crippen molar-refractivity contribution in [3.63, 3.8) is 0 Å². The van der Waals surface area contributed by atoms with Crippen LogP contribution in [0.2, 0.25) is 0 Å². The van der Waals surface area contributed by atoms with E-state index < -0.39 is 35.5 Å². The van der Waals surface area contributed by atoms with Crippen LogP contribution in [0.3, 0.4) is 0 Å². The Balaban J connectivity index is 2.18. The van der Waals surface area contributed by atoms with Crippen molar-refractivity contribution in [2.45, 2.75) is 38.8 Å². The summed E-state index contributed by atoms with van der Waals surface area (Å²) in [5.41, 5.74) is -0.390. The molecule has 0 N–H and O–H groups in total. The average molecular weight is 359 g/mol. The van der Waals surface area contributed by atoms with Gasteiger partial charge in [0, 0.05) is 6.54 Å². The Morgan fingerprint density at radius 3 is 2.31 bits per heavy atom. The number of nitrogens with zero attached hydrogens (tertiary/aromatic N) is 1. The Kier molecular flexibility index (Phi) is 6.32. The summed E-state index contributed by atoms with van der Waals surface area (Å²) in [4.78, 5) is 39.2. The predicted octanol–water partition coefficient (Wildman–Crippen LogP) is 2.59. The molecule has 1 aliphatic rings. The fraction of sp³-hybridized carbons (Fsp3) is 0.450. The molecule has 2 unspecified atom stereocenters. The van der Waals surface area contributed by atoms with Crippen LogP contribution in [0.25, 0.3) is 0 Å². The third-order valence-corrected chi connectivity index (χ3v) is 3.96. The normalized spacial score (nSPS) is 20.9. The lowest BCUT2D eigenvalue weighted by molar-refractivity contribution is -0.167. The molecule has 0 spiro atoms. The highest BCUT2D eigenvalue weighted by Gasteiger charge is 2.41. The minimum atomic E-state index is -0.819. The number of carbonyl (C=O) groups is 3. The molecule has 0 bridgehead atoms. The van der Waals surface area contributed by atoms with E-state index >= 15 is 0 Å². The van der Waals surface area contributed by atoms with Crippen LogP contribution in [0.5, 0.6) is 0 Å². The summed E-state index contributed by atoms with van der Waals surface area (Å²) in [6, 6.07) is 7.46. The molecule has 2 rings (SSSR count). The zero-order chi connectivity index (χ0) is 19.3. The van der Waals surface area contributed by atoms with E-state index in [4.69, 9.17) is 9.47 Å². The van der Waals surface area contributed by atoms with Gasteiger partial charge in [-0.2, -0.15) is 0 Å². The lowest BCUT2D eigenvalue weighted by Gasteiger charge is -2.31. The quantitative estimate of drug-likeness (QED) is 0.469. The molecule has 1 aromatic rings. The van der Waals surface area contributed by atoms with Crippen LogP contribution in [0.1, 0.15) is 37.6 Å². The minimum absolute atomic E-state index is 0.284. The van der Waals surface area contributed by atoms with Gasteiger partial charge in [-0.1, -0.05) is 30.4 Å². The first-order chi connectivity index (χ1) is 12.2. The number of hydrogen-bond acceptors (Lipinski definition) is 6. The lowest BCUT2D eigenvalue weighted by Crippen LogP contribution is -2.49. The molecule has 6 heteroatoms. The van der Waals surface area contributed by atoms with E-state index in [2.05, 4.69) is 0 Å². The zero-order valence-electron chi connectivity index (χ0n) is 15.6. The van der Waals surface area contributed by atoms with Crippen molar-refractivity contribution in [2.24, 2.45) is 5.92 Å². The van der Waals surface area contributed by atoms with E-state index in [1.165, 1.54) is 0 Å². The van der Waals surface area contributed by atoms with Crippen LogP contribution in [-0.2, 0) is 19.1 Å². The summed E-state index contributed by atoms with van der Waals surface area (Å²) >= 11 is 0. The highest BCUT2D eigenvalue weighted by molar-refractivity contribution is 5.98. The van der Waals surface area contributed by atoms with Gasteiger partial charge in [0.15, 0.2) is 0 Å². The Morgan fingerprint density at radius 1 is 1.04 bits per heavy atom. The first-order valence-corrected chi connectivity index (χ1v) is 8.58. The number of hydrogen-bond donors (Lipinski definition) is 0. The monoisotopic (exact) mass is 359 g/mol. The van der Waals surface area contributed by atoms with E-state index in [-0.39, 0.29) is 5.56 Å². The number of likely N-dealkylation sites (N-methyl/N-ethyl adjacent to an activating group) is 1. The molecule has 0 fully saturated rings. The van der Waals surface area contributed by atoms with Crippen molar-refractivity contribution in [1.82, 2.24) is 4.90 Å². The molecule has 0 radical (unpaired) electrons. The van der Waals surface area contributed by atoms with E-state index in [0.29, 0.717) is 13.0 Å². The van der Waals surface area contributed by atoms with E-state index in [1.807, 2.05) is 12.2 Å². The van der Waals surface area contributed by atoms with E-state index in [1.54, 1.807) is 63.1 Å². The molecule has 26 heavy (non-hydrogen) atoms. The van der Waals surface area contributed by atoms with Crippen molar-refractivity contribution in [3.8, 4) is 0 Å². The van der Waals surface area contributed by atoms with Gasteiger partial charge in [-0.15, -0.1) is 0 Å². The second kappa shape index (κ2) is 8.27. The number of carbonyl (C=O) groups excluding carboxylic acids is 3. The zero-order valence-corrected chi connectivity index (χ0v) is 15.6. The molecule has 0 saturated carbocycles. The van der Waals surface area contributed by atoms with Crippen LogP contribution in [0, 0.1) is 5.92 Å². The van der Waals surface area contributed by atoms with Gasteiger partial charge < -0.3 is 9.47 Å². The number of benzene rings is 1. The second-order valence-electron chi connectivity index (χ2n) is 7.31. The number of allylic oxidation sites excluding steroid dienone is 1. The summed E-state index contributed by atoms with van der Waals surface area (Å²) < 4.78 is 10.5. The Bertz CT molecular complexity index is 690. The number of rotatable bonds is 3. The number of ether oxygens (including phenoxy) is 2. The third kappa shape index (κ3) is 5.26. The molecule has 1 heterocycles. The molecule has 0 saturated heterocycles. The van der Waals surface area contributed by atoms with Crippen LogP contribution >= 0.6 is 0 Å². The highest BCUT2D eigenvalue weighted by Crippen LogP contribution is 2.24. The van der Waals surface area contributed by atoms with Gasteiger partial charge in [-0.05, 0) is 46.4 Å². The van der Waals surface area contributed by atoms with Gasteiger partial charge in [-0.25, -0.2) is 4.79 Å². The van der Waals surface area contributed by atoms with Gasteiger partial charge in [0.25, 0.3) is 0 Å². The second-order valence-corrected chi connectivity index (χ2v) is 7.31. The minimum Gasteiger partial charge on any atom is -0.459 e. The van der Waals surface area contributed by atoms with E-state index in [0.717, 1.165) is 0 Å². The van der Waals surface area contributed by atoms with Crippen LogP contribution in [0.4, 0.5) is 0 Å². The first kappa shape index (κ1) is 19.8. The average Bonchev–Trinajstić information content (AvgIpc) is 2.75. The number of esters is 3. The fourth-order valence-corrected chi connectivity index (χ4v) is 2.76. The SMILES string of the molecule is CN1CC=CCC(C(=O)OC(=O)c2ccccc2)C1C(=O)OC(C)(C)C. The highest BCUT2D eigenvalue weighted by atomic mass is 16.6. The molecule has 6 nitrogen and oxygen atoms in total. The Labute approximate surface area is 153 Å². The summed E-state index contributed by atoms with van der Waals surface area (Å²) in [7, 11) is 1.74. The maximum Gasteiger partial charge on any atom is 0.345 e. The van der Waals surface area contributed by atoms with Gasteiger partial charge in [0.05, 0.1) is 11.5 Å². The predicted molar refractivity (Wildman–Crippen MR) is 96.4 cm³/mol. The topological polar surface area (TPSA) is 72.9 Å². The van der Waals surface area contributed by atoms with E-state index in [9.17, 15) is 14.4 Å². The summed E-state index contributed by atoms with van der Waals surface area (Å²) in [5, 5.41) is 0. The van der Waals surface area contributed by atoms with Crippen molar-refractivity contribution in [1.29, 1.82) is 0 Å². The molecule has 0 aromatic heterocycles. The third-order valence-electron chi connectivity index (χ3n) is 3.96. The van der Waals surface area contributed by atoms with Crippen molar-refractivity contribution < 1.29 is 23.9 Å². The van der Waals surface area contributed by atoms with Gasteiger partial charge in [0.1, 0.15) is 11.6 Å². The first-order valence-electron chi connectivity index (χ1n) is 8.58. The largest absolute Gasteiger partial charge is 0.459 e. The molecular weight excluding hydrogens is 334 g/mol. The molecule has 1 aliphatic heterocycles. The van der Waals surface area contributed by atoms with Crippen LogP contribution < -0.4 is 0 Å². The smallest absolute Gasteiger partial charge is 0.345 e. The fourth-order valence-electron chi connectivity index (χ4n) is 2.76. The summed E-state index contributed by atoms with van der Waals surface area (Å²) in [5.74, 6) is -2.78. The molecule has 0 amide bonds. The molecule has 140 valence electrons. The van der Waals surface area contributed by atoms with Crippen molar-refractivity contribution in [3.05, 3.63) is 48.0 Å². The maximum absolute atomic E-state index is 12.7. The van der Waals surface area contributed by atoms with Crippen LogP contribution in [0.15, 0.2) is 42.5 Å². The summed E-state index contributed by atoms with van der Waals surface area (Å²) in [6.45, 7) is 5.81.